The van der Waals surface area contributed by atoms with Gasteiger partial charge in [0.25, 0.3) is 5.91 Å². The molecule has 1 spiro atoms. The molecule has 1 saturated carbocycles. The van der Waals surface area contributed by atoms with Crippen LogP contribution in [-0.4, -0.2) is 47.1 Å². The van der Waals surface area contributed by atoms with Gasteiger partial charge in [-0.2, -0.15) is 0 Å². The number of ether oxygens (including phenoxy) is 1. The summed E-state index contributed by atoms with van der Waals surface area (Å²) < 4.78 is 11.5. The van der Waals surface area contributed by atoms with Crippen LogP contribution in [0.15, 0.2) is 16.7 Å². The van der Waals surface area contributed by atoms with E-state index in [2.05, 4.69) is 0 Å². The molecule has 2 saturated heterocycles. The molecule has 0 radical (unpaired) electrons. The number of nitrogens with zero attached hydrogens (tertiary/aromatic N) is 1. The molecule has 3 fully saturated rings. The molecule has 0 unspecified atom stereocenters. The SMILES string of the molecule is Cc1ccoc1C(=O)N1CC2(C[C@H](OCC3CC3)CS2)C1. The molecule has 114 valence electrons. The van der Waals surface area contributed by atoms with Gasteiger partial charge in [0.05, 0.1) is 17.1 Å². The molecule has 0 N–H and O–H groups in total. The zero-order chi connectivity index (χ0) is 14.4. The lowest BCUT2D eigenvalue weighted by Gasteiger charge is -2.47. The summed E-state index contributed by atoms with van der Waals surface area (Å²) in [6.45, 7) is 4.52. The van der Waals surface area contributed by atoms with Crippen LogP contribution in [0, 0.1) is 12.8 Å². The molecule has 0 aromatic carbocycles. The van der Waals surface area contributed by atoms with E-state index in [4.69, 9.17) is 9.15 Å². The van der Waals surface area contributed by atoms with Gasteiger partial charge in [-0.1, -0.05) is 0 Å². The summed E-state index contributed by atoms with van der Waals surface area (Å²) in [6, 6.07) is 1.84. The van der Waals surface area contributed by atoms with E-state index in [1.807, 2.05) is 29.7 Å². The smallest absolute Gasteiger partial charge is 0.289 e. The highest BCUT2D eigenvalue weighted by atomic mass is 32.2. The molecule has 4 nitrogen and oxygen atoms in total. The lowest BCUT2D eigenvalue weighted by molar-refractivity contribution is 0.0273. The number of thioether (sulfide) groups is 1. The van der Waals surface area contributed by atoms with Gasteiger partial charge in [-0.3, -0.25) is 4.79 Å². The molecule has 1 aliphatic carbocycles. The van der Waals surface area contributed by atoms with Crippen LogP contribution >= 0.6 is 11.8 Å². The van der Waals surface area contributed by atoms with Crippen LogP contribution in [0.1, 0.15) is 35.4 Å². The number of amides is 1. The van der Waals surface area contributed by atoms with Crippen molar-refractivity contribution in [1.29, 1.82) is 0 Å². The third-order valence-electron chi connectivity index (χ3n) is 4.74. The Kier molecular flexibility index (Phi) is 3.30. The lowest BCUT2D eigenvalue weighted by atomic mass is 9.92. The summed E-state index contributed by atoms with van der Waals surface area (Å²) in [6.07, 6.45) is 5.75. The second-order valence-electron chi connectivity index (χ2n) is 6.69. The highest BCUT2D eigenvalue weighted by molar-refractivity contribution is 8.01. The van der Waals surface area contributed by atoms with E-state index in [1.165, 1.54) is 12.8 Å². The first kappa shape index (κ1) is 13.7. The van der Waals surface area contributed by atoms with E-state index < -0.39 is 0 Å². The minimum Gasteiger partial charge on any atom is -0.459 e. The van der Waals surface area contributed by atoms with Gasteiger partial charge in [0.2, 0.25) is 0 Å². The monoisotopic (exact) mass is 307 g/mol. The Morgan fingerprint density at radius 1 is 1.52 bits per heavy atom. The highest BCUT2D eigenvalue weighted by Crippen LogP contribution is 2.46. The molecular formula is C16H21NO3S. The normalized spacial score (nSPS) is 27.1. The van der Waals surface area contributed by atoms with Crippen LogP contribution in [-0.2, 0) is 4.74 Å². The summed E-state index contributed by atoms with van der Waals surface area (Å²) >= 11 is 1.98. The molecule has 1 aromatic heterocycles. The topological polar surface area (TPSA) is 42.7 Å². The predicted octanol–water partition coefficient (Wildman–Crippen LogP) is 2.71. The molecule has 0 bridgehead atoms. The van der Waals surface area contributed by atoms with Crippen LogP contribution in [0.25, 0.3) is 0 Å². The van der Waals surface area contributed by atoms with Gasteiger partial charge < -0.3 is 14.1 Å². The summed E-state index contributed by atoms with van der Waals surface area (Å²) in [7, 11) is 0. The van der Waals surface area contributed by atoms with Crippen molar-refractivity contribution < 1.29 is 13.9 Å². The van der Waals surface area contributed by atoms with Crippen molar-refractivity contribution in [3.8, 4) is 0 Å². The maximum Gasteiger partial charge on any atom is 0.289 e. The predicted molar refractivity (Wildman–Crippen MR) is 81.6 cm³/mol. The first-order valence-corrected chi connectivity index (χ1v) is 8.73. The quantitative estimate of drug-likeness (QED) is 0.858. The largest absolute Gasteiger partial charge is 0.459 e. The van der Waals surface area contributed by atoms with Crippen LogP contribution in [0.5, 0.6) is 0 Å². The van der Waals surface area contributed by atoms with Crippen molar-refractivity contribution in [2.24, 2.45) is 5.92 Å². The van der Waals surface area contributed by atoms with E-state index in [0.29, 0.717) is 11.9 Å². The number of carbonyl (C=O) groups excluding carboxylic acids is 1. The molecule has 2 aliphatic heterocycles. The number of likely N-dealkylation sites (tertiary alicyclic amines) is 1. The number of hydrogen-bond donors (Lipinski definition) is 0. The third kappa shape index (κ3) is 2.61. The third-order valence-corrected chi connectivity index (χ3v) is 6.32. The number of hydrogen-bond acceptors (Lipinski definition) is 4. The molecule has 1 amide bonds. The molecular weight excluding hydrogens is 286 g/mol. The van der Waals surface area contributed by atoms with E-state index in [9.17, 15) is 4.79 Å². The fraction of sp³-hybridized carbons (Fsp3) is 0.688. The highest BCUT2D eigenvalue weighted by Gasteiger charge is 2.51. The Balaban J connectivity index is 1.30. The molecule has 3 heterocycles. The first-order valence-electron chi connectivity index (χ1n) is 7.74. The maximum atomic E-state index is 12.3. The molecule has 21 heavy (non-hydrogen) atoms. The maximum absolute atomic E-state index is 12.3. The standard InChI is InChI=1S/C16H21NO3S/c1-11-4-5-19-14(11)15(18)17-9-16(10-17)6-13(8-21-16)20-7-12-2-3-12/h4-5,12-13H,2-3,6-10H2,1H3/t13-/m0/s1. The van der Waals surface area contributed by atoms with Crippen LogP contribution in [0.4, 0.5) is 0 Å². The average molecular weight is 307 g/mol. The van der Waals surface area contributed by atoms with Gasteiger partial charge in [0.1, 0.15) is 0 Å². The fourth-order valence-electron chi connectivity index (χ4n) is 3.22. The Labute approximate surface area is 129 Å². The minimum absolute atomic E-state index is 0.0334. The second kappa shape index (κ2) is 5.06. The fourth-order valence-corrected chi connectivity index (χ4v) is 4.77. The average Bonchev–Trinajstić information content (AvgIpc) is 3.00. The van der Waals surface area contributed by atoms with Crippen molar-refractivity contribution in [3.05, 3.63) is 23.7 Å². The van der Waals surface area contributed by atoms with E-state index in [-0.39, 0.29) is 10.7 Å². The van der Waals surface area contributed by atoms with Crippen molar-refractivity contribution in [2.75, 3.05) is 25.4 Å². The lowest BCUT2D eigenvalue weighted by Crippen LogP contribution is -2.60. The summed E-state index contributed by atoms with van der Waals surface area (Å²) in [5.74, 6) is 2.43. The Bertz CT molecular complexity index is 545. The zero-order valence-corrected chi connectivity index (χ0v) is 13.2. The Morgan fingerprint density at radius 2 is 2.33 bits per heavy atom. The van der Waals surface area contributed by atoms with Crippen LogP contribution in [0.2, 0.25) is 0 Å². The van der Waals surface area contributed by atoms with Crippen molar-refractivity contribution >= 4 is 17.7 Å². The number of aryl methyl sites for hydroxylation is 1. The van der Waals surface area contributed by atoms with Gasteiger partial charge in [-0.15, -0.1) is 11.8 Å². The molecule has 4 rings (SSSR count). The van der Waals surface area contributed by atoms with Gasteiger partial charge >= 0.3 is 0 Å². The minimum atomic E-state index is 0.0334. The number of rotatable bonds is 4. The molecule has 1 aromatic rings. The van der Waals surface area contributed by atoms with Gasteiger partial charge in [-0.05, 0) is 38.2 Å². The van der Waals surface area contributed by atoms with Crippen LogP contribution in [0.3, 0.4) is 0 Å². The van der Waals surface area contributed by atoms with Gasteiger partial charge in [-0.25, -0.2) is 0 Å². The van der Waals surface area contributed by atoms with Gasteiger partial charge in [0.15, 0.2) is 5.76 Å². The molecule has 1 atom stereocenters. The molecule has 5 heteroatoms. The first-order chi connectivity index (χ1) is 10.2. The zero-order valence-electron chi connectivity index (χ0n) is 12.3. The number of carbonyl (C=O) groups is 1. The van der Waals surface area contributed by atoms with Crippen molar-refractivity contribution in [3.63, 3.8) is 0 Å². The van der Waals surface area contributed by atoms with Crippen LogP contribution < -0.4 is 0 Å². The van der Waals surface area contributed by atoms with E-state index in [1.54, 1.807) is 6.26 Å². The van der Waals surface area contributed by atoms with E-state index in [0.717, 1.165) is 43.4 Å². The summed E-state index contributed by atoms with van der Waals surface area (Å²) in [5, 5.41) is 0. The van der Waals surface area contributed by atoms with Crippen molar-refractivity contribution in [1.82, 2.24) is 4.90 Å². The second-order valence-corrected chi connectivity index (χ2v) is 8.18. The molecule has 3 aliphatic rings. The summed E-state index contributed by atoms with van der Waals surface area (Å²) in [4.78, 5) is 14.3. The van der Waals surface area contributed by atoms with E-state index >= 15 is 0 Å². The Hall–Kier alpha value is -0.940. The summed E-state index contributed by atoms with van der Waals surface area (Å²) in [5.41, 5.74) is 0.922. The number of furan rings is 1. The Morgan fingerprint density at radius 3 is 3.00 bits per heavy atom. The van der Waals surface area contributed by atoms with Crippen molar-refractivity contribution in [2.45, 2.75) is 37.0 Å². The van der Waals surface area contributed by atoms with Gasteiger partial charge in [0, 0.05) is 31.0 Å².